The lowest BCUT2D eigenvalue weighted by molar-refractivity contribution is -0.146. The van der Waals surface area contributed by atoms with E-state index in [1.807, 2.05) is 39.0 Å². The van der Waals surface area contributed by atoms with E-state index in [1.165, 1.54) is 0 Å². The van der Waals surface area contributed by atoms with E-state index in [2.05, 4.69) is 10.6 Å². The lowest BCUT2D eigenvalue weighted by Gasteiger charge is -2.11. The van der Waals surface area contributed by atoms with Gasteiger partial charge in [-0.25, -0.2) is 0 Å². The Morgan fingerprint density at radius 1 is 1.00 bits per heavy atom. The highest BCUT2D eigenvalue weighted by atomic mass is 16.5. The lowest BCUT2D eigenvalue weighted by atomic mass is 10.1. The Labute approximate surface area is 152 Å². The fourth-order valence-electron chi connectivity index (χ4n) is 2.31. The van der Waals surface area contributed by atoms with E-state index in [4.69, 9.17) is 4.74 Å². The van der Waals surface area contributed by atoms with Crippen LogP contribution >= 0.6 is 0 Å². The Morgan fingerprint density at radius 2 is 1.73 bits per heavy atom. The third kappa shape index (κ3) is 5.44. The van der Waals surface area contributed by atoms with Crippen molar-refractivity contribution in [1.82, 2.24) is 5.32 Å². The predicted octanol–water partition coefficient (Wildman–Crippen LogP) is 2.52. The molecule has 0 spiro atoms. The largest absolute Gasteiger partial charge is 0.454 e. The van der Waals surface area contributed by atoms with Crippen LogP contribution < -0.4 is 10.6 Å². The first-order valence-corrected chi connectivity index (χ1v) is 8.23. The van der Waals surface area contributed by atoms with Crippen LogP contribution in [0.5, 0.6) is 0 Å². The number of benzene rings is 2. The SMILES string of the molecule is Cc1cccc(C(=O)NCC(=O)OCC(=O)Nc2cccc(C)c2C)c1. The van der Waals surface area contributed by atoms with Crippen LogP contribution in [0.15, 0.2) is 42.5 Å². The first-order valence-electron chi connectivity index (χ1n) is 8.23. The number of anilines is 1. The highest BCUT2D eigenvalue weighted by Gasteiger charge is 2.12. The molecule has 6 heteroatoms. The van der Waals surface area contributed by atoms with Crippen molar-refractivity contribution in [1.29, 1.82) is 0 Å². The molecule has 136 valence electrons. The first kappa shape index (κ1) is 19.2. The van der Waals surface area contributed by atoms with Crippen LogP contribution in [0.3, 0.4) is 0 Å². The smallest absolute Gasteiger partial charge is 0.325 e. The minimum absolute atomic E-state index is 0.302. The van der Waals surface area contributed by atoms with Gasteiger partial charge in [0, 0.05) is 11.3 Å². The number of hydrogen-bond donors (Lipinski definition) is 2. The quantitative estimate of drug-likeness (QED) is 0.781. The van der Waals surface area contributed by atoms with Crippen molar-refractivity contribution >= 4 is 23.5 Å². The zero-order valence-corrected chi connectivity index (χ0v) is 15.1. The summed E-state index contributed by atoms with van der Waals surface area (Å²) in [4.78, 5) is 35.6. The molecular weight excluding hydrogens is 332 g/mol. The average molecular weight is 354 g/mol. The third-order valence-electron chi connectivity index (χ3n) is 3.92. The Hall–Kier alpha value is -3.15. The van der Waals surface area contributed by atoms with Crippen LogP contribution in [0.25, 0.3) is 0 Å². The summed E-state index contributed by atoms with van der Waals surface area (Å²) >= 11 is 0. The molecule has 0 bridgehead atoms. The topological polar surface area (TPSA) is 84.5 Å². The number of carbonyl (C=O) groups excluding carboxylic acids is 3. The number of hydrogen-bond acceptors (Lipinski definition) is 4. The van der Waals surface area contributed by atoms with E-state index in [0.29, 0.717) is 11.3 Å². The molecule has 0 radical (unpaired) electrons. The van der Waals surface area contributed by atoms with E-state index in [-0.39, 0.29) is 12.5 Å². The third-order valence-corrected chi connectivity index (χ3v) is 3.92. The molecule has 0 atom stereocenters. The molecule has 0 aliphatic carbocycles. The van der Waals surface area contributed by atoms with Gasteiger partial charge in [0.05, 0.1) is 0 Å². The number of nitrogens with one attached hydrogen (secondary N) is 2. The number of amides is 2. The van der Waals surface area contributed by atoms with Crippen molar-refractivity contribution in [2.45, 2.75) is 20.8 Å². The number of carbonyl (C=O) groups is 3. The summed E-state index contributed by atoms with van der Waals surface area (Å²) in [5.41, 5.74) is 4.10. The fourth-order valence-corrected chi connectivity index (χ4v) is 2.31. The minimum atomic E-state index is -0.679. The van der Waals surface area contributed by atoms with Crippen LogP contribution in [0.4, 0.5) is 5.69 Å². The molecule has 2 rings (SSSR count). The molecule has 0 fully saturated rings. The van der Waals surface area contributed by atoms with Crippen LogP contribution in [-0.4, -0.2) is 30.9 Å². The van der Waals surface area contributed by atoms with Crippen molar-refractivity contribution in [3.8, 4) is 0 Å². The summed E-state index contributed by atoms with van der Waals surface area (Å²) in [5, 5.41) is 5.17. The summed E-state index contributed by atoms with van der Waals surface area (Å²) < 4.78 is 4.89. The zero-order chi connectivity index (χ0) is 19.1. The van der Waals surface area contributed by atoms with Crippen molar-refractivity contribution in [2.24, 2.45) is 0 Å². The second-order valence-electron chi connectivity index (χ2n) is 6.01. The molecule has 0 aliphatic rings. The van der Waals surface area contributed by atoms with Gasteiger partial charge in [0.15, 0.2) is 6.61 Å². The molecule has 26 heavy (non-hydrogen) atoms. The number of aryl methyl sites for hydroxylation is 2. The summed E-state index contributed by atoms with van der Waals surface area (Å²) in [6, 6.07) is 12.6. The summed E-state index contributed by atoms with van der Waals surface area (Å²) in [5.74, 6) is -1.48. The Balaban J connectivity index is 1.77. The Kier molecular flexibility index (Phi) is 6.49. The minimum Gasteiger partial charge on any atom is -0.454 e. The van der Waals surface area contributed by atoms with Gasteiger partial charge in [-0.15, -0.1) is 0 Å². The maximum Gasteiger partial charge on any atom is 0.325 e. The highest BCUT2D eigenvalue weighted by Crippen LogP contribution is 2.17. The van der Waals surface area contributed by atoms with Crippen LogP contribution in [0, 0.1) is 20.8 Å². The van der Waals surface area contributed by atoms with Gasteiger partial charge in [-0.1, -0.05) is 29.8 Å². The summed E-state index contributed by atoms with van der Waals surface area (Å²) in [6.45, 7) is 5.01. The fraction of sp³-hybridized carbons (Fsp3) is 0.250. The predicted molar refractivity (Wildman–Crippen MR) is 99.0 cm³/mol. The van der Waals surface area contributed by atoms with E-state index in [1.54, 1.807) is 24.3 Å². The number of rotatable bonds is 6. The molecule has 2 amide bonds. The van der Waals surface area contributed by atoms with Gasteiger partial charge in [0.2, 0.25) is 0 Å². The molecule has 2 N–H and O–H groups in total. The monoisotopic (exact) mass is 354 g/mol. The van der Waals surface area contributed by atoms with Crippen molar-refractivity contribution < 1.29 is 19.1 Å². The van der Waals surface area contributed by atoms with E-state index < -0.39 is 18.5 Å². The molecule has 0 aliphatic heterocycles. The van der Waals surface area contributed by atoms with Gasteiger partial charge in [-0.3, -0.25) is 14.4 Å². The van der Waals surface area contributed by atoms with E-state index >= 15 is 0 Å². The zero-order valence-electron chi connectivity index (χ0n) is 15.1. The molecule has 6 nitrogen and oxygen atoms in total. The molecule has 0 unspecified atom stereocenters. The second kappa shape index (κ2) is 8.80. The molecule has 0 saturated heterocycles. The van der Waals surface area contributed by atoms with Gasteiger partial charge in [0.1, 0.15) is 6.54 Å². The number of ether oxygens (including phenoxy) is 1. The summed E-state index contributed by atoms with van der Waals surface area (Å²) in [6.07, 6.45) is 0. The van der Waals surface area contributed by atoms with Crippen LogP contribution in [0.1, 0.15) is 27.0 Å². The van der Waals surface area contributed by atoms with Crippen molar-refractivity contribution in [2.75, 3.05) is 18.5 Å². The van der Waals surface area contributed by atoms with Crippen LogP contribution in [-0.2, 0) is 14.3 Å². The van der Waals surface area contributed by atoms with Crippen molar-refractivity contribution in [3.05, 3.63) is 64.7 Å². The Bertz CT molecular complexity index is 830. The van der Waals surface area contributed by atoms with Gasteiger partial charge >= 0.3 is 5.97 Å². The highest BCUT2D eigenvalue weighted by molar-refractivity contribution is 5.97. The maximum atomic E-state index is 12.0. The van der Waals surface area contributed by atoms with E-state index in [0.717, 1.165) is 16.7 Å². The molecule has 2 aromatic rings. The molecule has 0 aromatic heterocycles. The molecule has 2 aromatic carbocycles. The second-order valence-corrected chi connectivity index (χ2v) is 6.01. The standard InChI is InChI=1S/C20H22N2O4/c1-13-6-4-8-16(10-13)20(25)21-11-19(24)26-12-18(23)22-17-9-5-7-14(2)15(17)3/h4-10H,11-12H2,1-3H3,(H,21,25)(H,22,23). The Morgan fingerprint density at radius 3 is 2.46 bits per heavy atom. The molecule has 0 heterocycles. The normalized spacial score (nSPS) is 10.1. The van der Waals surface area contributed by atoms with Crippen molar-refractivity contribution in [3.63, 3.8) is 0 Å². The lowest BCUT2D eigenvalue weighted by Crippen LogP contribution is -2.32. The summed E-state index contributed by atoms with van der Waals surface area (Å²) in [7, 11) is 0. The maximum absolute atomic E-state index is 12.0. The van der Waals surface area contributed by atoms with E-state index in [9.17, 15) is 14.4 Å². The van der Waals surface area contributed by atoms with Crippen LogP contribution in [0.2, 0.25) is 0 Å². The number of esters is 1. The molecule has 0 saturated carbocycles. The first-order chi connectivity index (χ1) is 12.4. The van der Waals surface area contributed by atoms with Gasteiger partial charge in [-0.2, -0.15) is 0 Å². The van der Waals surface area contributed by atoms with Gasteiger partial charge in [0.25, 0.3) is 11.8 Å². The van der Waals surface area contributed by atoms with Gasteiger partial charge < -0.3 is 15.4 Å². The molecular formula is C20H22N2O4. The average Bonchev–Trinajstić information content (AvgIpc) is 2.61. The van der Waals surface area contributed by atoms with Gasteiger partial charge in [-0.05, 0) is 50.1 Å².